The molecular weight excluding hydrogens is 280 g/mol. The van der Waals surface area contributed by atoms with Gasteiger partial charge in [-0.3, -0.25) is 0 Å². The summed E-state index contributed by atoms with van der Waals surface area (Å²) in [5, 5.41) is 6.73. The summed E-state index contributed by atoms with van der Waals surface area (Å²) in [5.74, 6) is 0. The van der Waals surface area contributed by atoms with Gasteiger partial charge in [0.2, 0.25) is 0 Å². The summed E-state index contributed by atoms with van der Waals surface area (Å²) in [6.07, 6.45) is 1.31. The molecule has 17 heavy (non-hydrogen) atoms. The molecule has 2 rings (SSSR count). The van der Waals surface area contributed by atoms with Gasteiger partial charge in [-0.15, -0.1) is 0 Å². The van der Waals surface area contributed by atoms with Gasteiger partial charge in [0.25, 0.3) is 0 Å². The maximum Gasteiger partial charge on any atom is 0.0718 e. The maximum atomic E-state index is 5.75. The Morgan fingerprint density at radius 2 is 2.47 bits per heavy atom. The van der Waals surface area contributed by atoms with Crippen molar-refractivity contribution in [3.8, 4) is 0 Å². The first kappa shape index (κ1) is 13.0. The molecule has 1 fully saturated rings. The number of nitrogens with one attached hydrogen (secondary N) is 2. The van der Waals surface area contributed by atoms with Gasteiger partial charge in [-0.2, -0.15) is 0 Å². The minimum absolute atomic E-state index is 0.306. The van der Waals surface area contributed by atoms with Gasteiger partial charge < -0.3 is 15.4 Å². The van der Waals surface area contributed by atoms with Crippen LogP contribution in [0.2, 0.25) is 0 Å². The summed E-state index contributed by atoms with van der Waals surface area (Å²) < 4.78 is 6.87. The third-order valence-electron chi connectivity index (χ3n) is 3.10. The van der Waals surface area contributed by atoms with E-state index in [2.05, 4.69) is 50.8 Å². The predicted molar refractivity (Wildman–Crippen MR) is 73.2 cm³/mol. The molecule has 1 aromatic rings. The Labute approximate surface area is 111 Å². The second-order valence-corrected chi connectivity index (χ2v) is 5.24. The molecule has 0 aliphatic carbocycles. The molecule has 1 aliphatic heterocycles. The molecule has 0 bridgehead atoms. The smallest absolute Gasteiger partial charge is 0.0718 e. The zero-order valence-corrected chi connectivity index (χ0v) is 11.7. The van der Waals surface area contributed by atoms with Crippen LogP contribution >= 0.6 is 15.9 Å². The van der Waals surface area contributed by atoms with E-state index >= 15 is 0 Å². The van der Waals surface area contributed by atoms with Gasteiger partial charge >= 0.3 is 0 Å². The SMILES string of the molecule is CNC(CC1CNCCO1)c1cccc(Br)c1. The van der Waals surface area contributed by atoms with Crippen molar-refractivity contribution in [2.75, 3.05) is 26.7 Å². The number of halogens is 1. The lowest BCUT2D eigenvalue weighted by atomic mass is 10.0. The average molecular weight is 299 g/mol. The van der Waals surface area contributed by atoms with Gasteiger partial charge in [0, 0.05) is 23.6 Å². The van der Waals surface area contributed by atoms with Crippen LogP contribution in [0.3, 0.4) is 0 Å². The van der Waals surface area contributed by atoms with Gasteiger partial charge in [0.15, 0.2) is 0 Å². The molecule has 0 aromatic heterocycles. The second kappa shape index (κ2) is 6.50. The summed E-state index contributed by atoms with van der Waals surface area (Å²) >= 11 is 3.51. The third-order valence-corrected chi connectivity index (χ3v) is 3.60. The molecule has 1 aliphatic rings. The monoisotopic (exact) mass is 298 g/mol. The molecule has 0 radical (unpaired) electrons. The topological polar surface area (TPSA) is 33.3 Å². The Kier molecular flexibility index (Phi) is 4.98. The van der Waals surface area contributed by atoms with Crippen LogP contribution in [-0.2, 0) is 4.74 Å². The van der Waals surface area contributed by atoms with E-state index in [4.69, 9.17) is 4.74 Å². The minimum Gasteiger partial charge on any atom is -0.376 e. The zero-order valence-electron chi connectivity index (χ0n) is 10.1. The van der Waals surface area contributed by atoms with Gasteiger partial charge in [0.05, 0.1) is 12.7 Å². The van der Waals surface area contributed by atoms with Crippen LogP contribution in [0.5, 0.6) is 0 Å². The van der Waals surface area contributed by atoms with E-state index < -0.39 is 0 Å². The van der Waals surface area contributed by atoms with Crippen molar-refractivity contribution in [2.24, 2.45) is 0 Å². The second-order valence-electron chi connectivity index (χ2n) is 4.33. The Morgan fingerprint density at radius 1 is 1.59 bits per heavy atom. The molecule has 2 unspecified atom stereocenters. The third kappa shape index (κ3) is 3.78. The van der Waals surface area contributed by atoms with Crippen molar-refractivity contribution in [3.63, 3.8) is 0 Å². The van der Waals surface area contributed by atoms with E-state index in [-0.39, 0.29) is 0 Å². The molecule has 2 N–H and O–H groups in total. The lowest BCUT2D eigenvalue weighted by Gasteiger charge is -2.27. The molecule has 0 amide bonds. The Morgan fingerprint density at radius 3 is 3.12 bits per heavy atom. The summed E-state index contributed by atoms with van der Waals surface area (Å²) in [4.78, 5) is 0. The molecule has 1 saturated heterocycles. The van der Waals surface area contributed by atoms with Gasteiger partial charge in [0.1, 0.15) is 0 Å². The standard InChI is InChI=1S/C13H19BrN2O/c1-15-13(8-12-9-16-5-6-17-12)10-3-2-4-11(14)7-10/h2-4,7,12-13,15-16H,5-6,8-9H2,1H3. The van der Waals surface area contributed by atoms with Crippen LogP contribution in [0.1, 0.15) is 18.0 Å². The highest BCUT2D eigenvalue weighted by Gasteiger charge is 2.19. The summed E-state index contributed by atoms with van der Waals surface area (Å²) in [7, 11) is 2.00. The first-order chi connectivity index (χ1) is 8.29. The van der Waals surface area contributed by atoms with E-state index in [0.29, 0.717) is 12.1 Å². The molecule has 94 valence electrons. The van der Waals surface area contributed by atoms with Crippen LogP contribution < -0.4 is 10.6 Å². The fourth-order valence-electron chi connectivity index (χ4n) is 2.18. The molecule has 0 saturated carbocycles. The van der Waals surface area contributed by atoms with Crippen molar-refractivity contribution in [1.82, 2.24) is 10.6 Å². The number of morpholine rings is 1. The normalized spacial score (nSPS) is 22.4. The van der Waals surface area contributed by atoms with Crippen LogP contribution in [0.25, 0.3) is 0 Å². The van der Waals surface area contributed by atoms with Crippen molar-refractivity contribution in [2.45, 2.75) is 18.6 Å². The highest BCUT2D eigenvalue weighted by Crippen LogP contribution is 2.22. The largest absolute Gasteiger partial charge is 0.376 e. The highest BCUT2D eigenvalue weighted by atomic mass is 79.9. The van der Waals surface area contributed by atoms with Crippen LogP contribution in [-0.4, -0.2) is 32.8 Å². The first-order valence-electron chi connectivity index (χ1n) is 6.04. The van der Waals surface area contributed by atoms with E-state index in [9.17, 15) is 0 Å². The summed E-state index contributed by atoms with van der Waals surface area (Å²) in [5.41, 5.74) is 1.30. The number of hydrogen-bond acceptors (Lipinski definition) is 3. The lowest BCUT2D eigenvalue weighted by Crippen LogP contribution is -2.40. The summed E-state index contributed by atoms with van der Waals surface area (Å²) in [6.45, 7) is 2.74. The quantitative estimate of drug-likeness (QED) is 0.893. The fourth-order valence-corrected chi connectivity index (χ4v) is 2.59. The van der Waals surface area contributed by atoms with Gasteiger partial charge in [-0.05, 0) is 31.2 Å². The van der Waals surface area contributed by atoms with Crippen molar-refractivity contribution in [3.05, 3.63) is 34.3 Å². The van der Waals surface area contributed by atoms with Crippen molar-refractivity contribution < 1.29 is 4.74 Å². The molecular formula is C13H19BrN2O. The van der Waals surface area contributed by atoms with Gasteiger partial charge in [-0.1, -0.05) is 28.1 Å². The Hall–Kier alpha value is -0.420. The highest BCUT2D eigenvalue weighted by molar-refractivity contribution is 9.10. The van der Waals surface area contributed by atoms with Gasteiger partial charge in [-0.25, -0.2) is 0 Å². The van der Waals surface area contributed by atoms with E-state index in [0.717, 1.165) is 30.6 Å². The minimum atomic E-state index is 0.306. The summed E-state index contributed by atoms with van der Waals surface area (Å²) in [6, 6.07) is 8.79. The maximum absolute atomic E-state index is 5.75. The van der Waals surface area contributed by atoms with Crippen LogP contribution in [0, 0.1) is 0 Å². The van der Waals surface area contributed by atoms with E-state index in [1.807, 2.05) is 7.05 Å². The molecule has 1 aromatic carbocycles. The zero-order chi connectivity index (χ0) is 12.1. The molecule has 1 heterocycles. The Balaban J connectivity index is 2.00. The first-order valence-corrected chi connectivity index (χ1v) is 6.84. The molecule has 3 nitrogen and oxygen atoms in total. The molecule has 4 heteroatoms. The number of hydrogen-bond donors (Lipinski definition) is 2. The van der Waals surface area contributed by atoms with Crippen molar-refractivity contribution >= 4 is 15.9 Å². The van der Waals surface area contributed by atoms with Crippen LogP contribution in [0.4, 0.5) is 0 Å². The average Bonchev–Trinajstić information content (AvgIpc) is 2.37. The Bertz CT molecular complexity index is 353. The number of rotatable bonds is 4. The molecule has 2 atom stereocenters. The lowest BCUT2D eigenvalue weighted by molar-refractivity contribution is 0.0176. The fraction of sp³-hybridized carbons (Fsp3) is 0.538. The van der Waals surface area contributed by atoms with E-state index in [1.54, 1.807) is 0 Å². The predicted octanol–water partition coefficient (Wildman–Crippen LogP) is 2.09. The molecule has 0 spiro atoms. The number of benzene rings is 1. The van der Waals surface area contributed by atoms with Crippen molar-refractivity contribution in [1.29, 1.82) is 0 Å². The van der Waals surface area contributed by atoms with E-state index in [1.165, 1.54) is 5.56 Å². The number of ether oxygens (including phenoxy) is 1. The van der Waals surface area contributed by atoms with Crippen LogP contribution in [0.15, 0.2) is 28.7 Å².